The number of carbonyl (C=O) groups excluding carboxylic acids is 1. The van der Waals surface area contributed by atoms with Crippen molar-refractivity contribution in [1.29, 1.82) is 5.26 Å². The predicted octanol–water partition coefficient (Wildman–Crippen LogP) is 1.62. The minimum atomic E-state index is -0.266. The molecule has 3 aromatic rings. The predicted molar refractivity (Wildman–Crippen MR) is 101 cm³/mol. The zero-order chi connectivity index (χ0) is 19.5. The van der Waals surface area contributed by atoms with Crippen LogP contribution in [0.1, 0.15) is 22.3 Å². The zero-order valence-corrected chi connectivity index (χ0v) is 14.9. The van der Waals surface area contributed by atoms with Crippen molar-refractivity contribution in [3.05, 3.63) is 70.3 Å². The van der Waals surface area contributed by atoms with E-state index in [-0.39, 0.29) is 17.5 Å². The molecule has 140 valence electrons. The van der Waals surface area contributed by atoms with Gasteiger partial charge in [0.15, 0.2) is 5.82 Å². The third kappa shape index (κ3) is 3.43. The summed E-state index contributed by atoms with van der Waals surface area (Å²) in [7, 11) is 0. The lowest BCUT2D eigenvalue weighted by Gasteiger charge is -2.10. The van der Waals surface area contributed by atoms with Crippen LogP contribution in [0.2, 0.25) is 0 Å². The summed E-state index contributed by atoms with van der Waals surface area (Å²) in [5, 5.41) is 14.7. The van der Waals surface area contributed by atoms with E-state index in [0.29, 0.717) is 41.3 Å². The number of rotatable bonds is 4. The molecule has 1 fully saturated rings. The monoisotopic (exact) mass is 375 g/mol. The van der Waals surface area contributed by atoms with E-state index in [1.54, 1.807) is 42.6 Å². The third-order valence-corrected chi connectivity index (χ3v) is 4.60. The number of ether oxygens (including phenoxy) is 1. The van der Waals surface area contributed by atoms with E-state index in [9.17, 15) is 9.59 Å². The maximum atomic E-state index is 12.7. The van der Waals surface area contributed by atoms with Gasteiger partial charge in [-0.2, -0.15) is 5.26 Å². The second kappa shape index (κ2) is 7.50. The number of aromatic amines is 1. The van der Waals surface area contributed by atoms with Gasteiger partial charge in [-0.1, -0.05) is 12.1 Å². The molecule has 0 spiro atoms. The van der Waals surface area contributed by atoms with Gasteiger partial charge >= 0.3 is 0 Å². The first-order valence-corrected chi connectivity index (χ1v) is 8.82. The van der Waals surface area contributed by atoms with Gasteiger partial charge in [-0.3, -0.25) is 14.7 Å². The molecule has 0 aliphatic carbocycles. The number of amides is 1. The van der Waals surface area contributed by atoms with Gasteiger partial charge < -0.3 is 10.1 Å². The summed E-state index contributed by atoms with van der Waals surface area (Å²) < 4.78 is 6.55. The van der Waals surface area contributed by atoms with Gasteiger partial charge in [-0.05, 0) is 36.2 Å². The summed E-state index contributed by atoms with van der Waals surface area (Å²) >= 11 is 0. The largest absolute Gasteiger partial charge is 0.379 e. The molecule has 1 saturated heterocycles. The molecule has 2 aromatic heterocycles. The minimum Gasteiger partial charge on any atom is -0.379 e. The Bertz CT molecular complexity index is 1080. The van der Waals surface area contributed by atoms with Crippen molar-refractivity contribution in [2.45, 2.75) is 12.5 Å². The second-order valence-corrected chi connectivity index (χ2v) is 6.46. The molecule has 1 aliphatic heterocycles. The Balaban J connectivity index is 1.54. The molecule has 0 unspecified atom stereocenters. The Labute approximate surface area is 160 Å². The molecule has 0 radical (unpaired) electrons. The molecule has 8 heteroatoms. The standard InChI is InChI=1S/C20H17N5O3/c21-9-13-1-3-14(4-2-13)17-11-23-25(20(17)27)18-6-5-15(10-22-18)19(26)24-16-7-8-28-12-16/h1-6,10-11,16,23H,7-8,12H2,(H,24,26)/t16-/m0/s1. The molecule has 1 atom stereocenters. The molecular formula is C20H17N5O3. The SMILES string of the molecule is N#Cc1ccc(-c2c[nH]n(-c3ccc(C(=O)N[C@H]4CCOC4)cn3)c2=O)cc1. The van der Waals surface area contributed by atoms with E-state index < -0.39 is 0 Å². The average Bonchev–Trinajstić information content (AvgIpc) is 3.38. The summed E-state index contributed by atoms with van der Waals surface area (Å²) in [4.78, 5) is 29.2. The maximum absolute atomic E-state index is 12.7. The van der Waals surface area contributed by atoms with Crippen molar-refractivity contribution < 1.29 is 9.53 Å². The highest BCUT2D eigenvalue weighted by Crippen LogP contribution is 2.16. The molecular weight excluding hydrogens is 358 g/mol. The highest BCUT2D eigenvalue weighted by molar-refractivity contribution is 5.94. The van der Waals surface area contributed by atoms with Crippen molar-refractivity contribution in [1.82, 2.24) is 20.1 Å². The van der Waals surface area contributed by atoms with Crippen LogP contribution in [0, 0.1) is 11.3 Å². The van der Waals surface area contributed by atoms with E-state index in [2.05, 4.69) is 15.4 Å². The number of nitrogens with zero attached hydrogens (tertiary/aromatic N) is 3. The number of hydrogen-bond donors (Lipinski definition) is 2. The molecule has 0 saturated carbocycles. The molecule has 0 bridgehead atoms. The Kier molecular flexibility index (Phi) is 4.74. The molecule has 28 heavy (non-hydrogen) atoms. The second-order valence-electron chi connectivity index (χ2n) is 6.46. The average molecular weight is 375 g/mol. The smallest absolute Gasteiger partial charge is 0.280 e. The molecule has 8 nitrogen and oxygen atoms in total. The van der Waals surface area contributed by atoms with E-state index in [0.717, 1.165) is 6.42 Å². The van der Waals surface area contributed by atoms with Crippen molar-refractivity contribution >= 4 is 5.91 Å². The number of carbonyl (C=O) groups is 1. The summed E-state index contributed by atoms with van der Waals surface area (Å²) in [6.07, 6.45) is 3.83. The van der Waals surface area contributed by atoms with Crippen molar-refractivity contribution in [3.63, 3.8) is 0 Å². The zero-order valence-electron chi connectivity index (χ0n) is 14.9. The number of pyridine rings is 1. The highest BCUT2D eigenvalue weighted by Gasteiger charge is 2.19. The Morgan fingerprint density at radius 2 is 2.11 bits per heavy atom. The number of benzene rings is 1. The lowest BCUT2D eigenvalue weighted by atomic mass is 10.1. The fraction of sp³-hybridized carbons (Fsp3) is 0.200. The van der Waals surface area contributed by atoms with E-state index >= 15 is 0 Å². The lowest BCUT2D eigenvalue weighted by molar-refractivity contribution is 0.0929. The van der Waals surface area contributed by atoms with Crippen molar-refractivity contribution in [2.24, 2.45) is 0 Å². The number of aromatic nitrogens is 3. The van der Waals surface area contributed by atoms with Crippen LogP contribution in [-0.4, -0.2) is 39.9 Å². The fourth-order valence-corrected chi connectivity index (χ4v) is 3.04. The van der Waals surface area contributed by atoms with Crippen LogP contribution in [0.25, 0.3) is 16.9 Å². The Morgan fingerprint density at radius 1 is 1.29 bits per heavy atom. The van der Waals surface area contributed by atoms with E-state index in [1.165, 1.54) is 10.9 Å². The van der Waals surface area contributed by atoms with Crippen LogP contribution in [0.3, 0.4) is 0 Å². The molecule has 1 aromatic carbocycles. The van der Waals surface area contributed by atoms with Gasteiger partial charge in [0, 0.05) is 19.0 Å². The number of nitrogens with one attached hydrogen (secondary N) is 2. The van der Waals surface area contributed by atoms with Gasteiger partial charge in [0.25, 0.3) is 11.5 Å². The fourth-order valence-electron chi connectivity index (χ4n) is 3.04. The minimum absolute atomic E-state index is 0.0215. The topological polar surface area (TPSA) is 113 Å². The van der Waals surface area contributed by atoms with E-state index in [4.69, 9.17) is 10.00 Å². The summed E-state index contributed by atoms with van der Waals surface area (Å²) in [5.41, 5.74) is 1.85. The van der Waals surface area contributed by atoms with Gasteiger partial charge in [0.1, 0.15) is 0 Å². The first kappa shape index (κ1) is 17.7. The summed E-state index contributed by atoms with van der Waals surface area (Å²) in [6.45, 7) is 1.17. The maximum Gasteiger partial charge on any atom is 0.280 e. The first-order valence-electron chi connectivity index (χ1n) is 8.82. The molecule has 1 amide bonds. The highest BCUT2D eigenvalue weighted by atomic mass is 16.5. The summed E-state index contributed by atoms with van der Waals surface area (Å²) in [6, 6.07) is 12.1. The van der Waals surface area contributed by atoms with Crippen LogP contribution < -0.4 is 10.9 Å². The first-order chi connectivity index (χ1) is 13.7. The number of hydrogen-bond acceptors (Lipinski definition) is 5. The number of nitriles is 1. The van der Waals surface area contributed by atoms with Gasteiger partial charge in [-0.25, -0.2) is 9.67 Å². The van der Waals surface area contributed by atoms with Crippen LogP contribution >= 0.6 is 0 Å². The summed E-state index contributed by atoms with van der Waals surface area (Å²) in [5.74, 6) is 0.164. The third-order valence-electron chi connectivity index (χ3n) is 4.60. The normalized spacial score (nSPS) is 15.9. The van der Waals surface area contributed by atoms with Gasteiger partial charge in [0.05, 0.1) is 35.4 Å². The lowest BCUT2D eigenvalue weighted by Crippen LogP contribution is -2.35. The quantitative estimate of drug-likeness (QED) is 0.719. The molecule has 4 rings (SSSR count). The molecule has 2 N–H and O–H groups in total. The van der Waals surface area contributed by atoms with Crippen LogP contribution in [0.4, 0.5) is 0 Å². The van der Waals surface area contributed by atoms with Crippen molar-refractivity contribution in [3.8, 4) is 23.0 Å². The van der Waals surface area contributed by atoms with Crippen LogP contribution in [-0.2, 0) is 4.74 Å². The molecule has 1 aliphatic rings. The molecule has 3 heterocycles. The van der Waals surface area contributed by atoms with Gasteiger partial charge in [0.2, 0.25) is 0 Å². The van der Waals surface area contributed by atoms with Gasteiger partial charge in [-0.15, -0.1) is 0 Å². The Hall–Kier alpha value is -3.70. The van der Waals surface area contributed by atoms with Crippen LogP contribution in [0.5, 0.6) is 0 Å². The van der Waals surface area contributed by atoms with Crippen molar-refractivity contribution in [2.75, 3.05) is 13.2 Å². The van der Waals surface area contributed by atoms with E-state index in [1.807, 2.05) is 6.07 Å². The van der Waals surface area contributed by atoms with Crippen LogP contribution in [0.15, 0.2) is 53.6 Å². The Morgan fingerprint density at radius 3 is 2.75 bits per heavy atom. The number of H-pyrrole nitrogens is 1.